The first kappa shape index (κ1) is 19.4. The minimum atomic E-state index is -4.52. The predicted octanol–water partition coefficient (Wildman–Crippen LogP) is 1.78. The maximum atomic E-state index is 12.9. The molecule has 0 amide bonds. The molecule has 1 aromatic heterocycles. The van der Waals surface area contributed by atoms with Gasteiger partial charge in [0.1, 0.15) is 17.3 Å². The molecule has 0 spiro atoms. The molecule has 1 aromatic carbocycles. The number of rotatable bonds is 3. The van der Waals surface area contributed by atoms with Crippen LogP contribution in [0.3, 0.4) is 0 Å². The molecule has 0 unspecified atom stereocenters. The molecule has 146 valence electrons. The van der Waals surface area contributed by atoms with Crippen molar-refractivity contribution in [2.45, 2.75) is 18.0 Å². The maximum Gasteiger partial charge on any atom is 0.433 e. The number of nitrogens with two attached hydrogens (primary N) is 1. The van der Waals surface area contributed by atoms with Gasteiger partial charge in [-0.15, -0.1) is 0 Å². The fraction of sp³-hybridized carbons (Fsp3) is 0.375. The number of hydrogen-bond donors (Lipinski definition) is 1. The first-order valence-corrected chi connectivity index (χ1v) is 9.64. The van der Waals surface area contributed by atoms with Crippen molar-refractivity contribution in [1.82, 2.24) is 9.97 Å². The quantitative estimate of drug-likeness (QED) is 0.843. The number of primary sulfonamides is 1. The summed E-state index contributed by atoms with van der Waals surface area (Å²) < 4.78 is 61.5. The van der Waals surface area contributed by atoms with Crippen LogP contribution in [0.2, 0.25) is 0 Å². The van der Waals surface area contributed by atoms with E-state index >= 15 is 0 Å². The monoisotopic (exact) mass is 401 g/mol. The summed E-state index contributed by atoms with van der Waals surface area (Å²) in [6, 6.07) is 7.14. The first-order valence-electron chi connectivity index (χ1n) is 8.10. The summed E-state index contributed by atoms with van der Waals surface area (Å²) in [6.07, 6.45) is -4.52. The van der Waals surface area contributed by atoms with E-state index in [1.807, 2.05) is 4.90 Å². The highest BCUT2D eigenvalue weighted by Gasteiger charge is 2.34. The smallest absolute Gasteiger partial charge is 0.368 e. The highest BCUT2D eigenvalue weighted by molar-refractivity contribution is 7.89. The van der Waals surface area contributed by atoms with Crippen molar-refractivity contribution in [1.29, 1.82) is 0 Å². The Kier molecular flexibility index (Phi) is 5.00. The molecule has 0 aliphatic carbocycles. The van der Waals surface area contributed by atoms with Gasteiger partial charge in [-0.05, 0) is 31.2 Å². The Balaban J connectivity index is 1.71. The molecule has 7 nitrogen and oxygen atoms in total. The zero-order valence-corrected chi connectivity index (χ0v) is 15.3. The van der Waals surface area contributed by atoms with Crippen LogP contribution in [0.4, 0.5) is 24.7 Å². The number of aromatic nitrogens is 2. The van der Waals surface area contributed by atoms with Crippen molar-refractivity contribution in [3.8, 4) is 0 Å². The molecule has 27 heavy (non-hydrogen) atoms. The molecule has 0 saturated carbocycles. The van der Waals surface area contributed by atoms with Crippen LogP contribution in [0.15, 0.2) is 35.2 Å². The van der Waals surface area contributed by atoms with E-state index in [1.54, 1.807) is 17.0 Å². The minimum Gasteiger partial charge on any atom is -0.368 e. The maximum absolute atomic E-state index is 12.9. The number of sulfonamides is 1. The van der Waals surface area contributed by atoms with Gasteiger partial charge in [0.2, 0.25) is 10.0 Å². The minimum absolute atomic E-state index is 0.0287. The predicted molar refractivity (Wildman–Crippen MR) is 94.0 cm³/mol. The molecule has 1 aliphatic rings. The van der Waals surface area contributed by atoms with Gasteiger partial charge in [-0.3, -0.25) is 0 Å². The molecule has 0 radical (unpaired) electrons. The van der Waals surface area contributed by atoms with Crippen LogP contribution in [0.5, 0.6) is 0 Å². The molecule has 2 aromatic rings. The Labute approximate surface area is 154 Å². The van der Waals surface area contributed by atoms with E-state index in [2.05, 4.69) is 9.97 Å². The molecule has 1 aliphatic heterocycles. The van der Waals surface area contributed by atoms with Crippen LogP contribution in [-0.2, 0) is 16.2 Å². The topological polar surface area (TPSA) is 92.4 Å². The molecule has 2 heterocycles. The zero-order chi connectivity index (χ0) is 19.8. The second kappa shape index (κ2) is 6.97. The molecule has 1 saturated heterocycles. The van der Waals surface area contributed by atoms with E-state index < -0.39 is 21.9 Å². The Morgan fingerprint density at radius 2 is 1.56 bits per heavy atom. The lowest BCUT2D eigenvalue weighted by Crippen LogP contribution is -2.47. The Hall–Kier alpha value is -2.40. The average molecular weight is 401 g/mol. The second-order valence-electron chi connectivity index (χ2n) is 6.17. The van der Waals surface area contributed by atoms with Crippen LogP contribution in [0.25, 0.3) is 0 Å². The van der Waals surface area contributed by atoms with Crippen LogP contribution in [0.1, 0.15) is 11.5 Å². The van der Waals surface area contributed by atoms with Gasteiger partial charge in [-0.1, -0.05) is 0 Å². The summed E-state index contributed by atoms with van der Waals surface area (Å²) in [7, 11) is -3.75. The lowest BCUT2D eigenvalue weighted by Gasteiger charge is -2.37. The van der Waals surface area contributed by atoms with Crippen LogP contribution in [-0.4, -0.2) is 44.6 Å². The van der Waals surface area contributed by atoms with Crippen molar-refractivity contribution in [2.75, 3.05) is 36.0 Å². The third-order valence-electron chi connectivity index (χ3n) is 4.25. The number of benzene rings is 1. The van der Waals surface area contributed by atoms with Crippen LogP contribution >= 0.6 is 0 Å². The largest absolute Gasteiger partial charge is 0.433 e. The molecular weight excluding hydrogens is 383 g/mol. The van der Waals surface area contributed by atoms with E-state index in [-0.39, 0.29) is 16.5 Å². The van der Waals surface area contributed by atoms with Crippen molar-refractivity contribution >= 4 is 21.5 Å². The van der Waals surface area contributed by atoms with E-state index in [1.165, 1.54) is 19.1 Å². The van der Waals surface area contributed by atoms with Gasteiger partial charge < -0.3 is 9.80 Å². The summed E-state index contributed by atoms with van der Waals surface area (Å²) in [5, 5.41) is 5.08. The van der Waals surface area contributed by atoms with E-state index in [4.69, 9.17) is 5.14 Å². The fourth-order valence-corrected chi connectivity index (χ4v) is 3.41. The summed E-state index contributed by atoms with van der Waals surface area (Å²) >= 11 is 0. The van der Waals surface area contributed by atoms with Gasteiger partial charge in [-0.2, -0.15) is 13.2 Å². The number of hydrogen-bond acceptors (Lipinski definition) is 6. The lowest BCUT2D eigenvalue weighted by molar-refractivity contribution is -0.141. The molecule has 0 atom stereocenters. The Morgan fingerprint density at radius 3 is 2.07 bits per heavy atom. The summed E-state index contributed by atoms with van der Waals surface area (Å²) in [4.78, 5) is 11.4. The molecular formula is C16H18F3N5O2S. The van der Waals surface area contributed by atoms with Gasteiger partial charge in [0.05, 0.1) is 4.90 Å². The summed E-state index contributed by atoms with van der Waals surface area (Å²) in [6.45, 7) is 3.50. The molecule has 0 bridgehead atoms. The number of anilines is 2. The van der Waals surface area contributed by atoms with E-state index in [0.29, 0.717) is 26.2 Å². The highest BCUT2D eigenvalue weighted by Crippen LogP contribution is 2.30. The SMILES string of the molecule is Cc1nc(N2CCN(c3ccc(S(N)(=O)=O)cc3)CC2)cc(C(F)(F)F)n1. The standard InChI is InChI=1S/C16H18F3N5O2S/c1-11-21-14(16(17,18)19)10-15(22-11)24-8-6-23(7-9-24)12-2-4-13(5-3-12)27(20,25)26/h2-5,10H,6-9H2,1H3,(H2,20,25,26). The second-order valence-corrected chi connectivity index (χ2v) is 7.73. The van der Waals surface area contributed by atoms with Gasteiger partial charge >= 0.3 is 6.18 Å². The number of nitrogens with zero attached hydrogens (tertiary/aromatic N) is 4. The summed E-state index contributed by atoms with van der Waals surface area (Å²) in [5.41, 5.74) is -0.136. The summed E-state index contributed by atoms with van der Waals surface area (Å²) in [5.74, 6) is 0.319. The number of piperazine rings is 1. The fourth-order valence-electron chi connectivity index (χ4n) is 2.90. The molecule has 3 rings (SSSR count). The van der Waals surface area contributed by atoms with Gasteiger partial charge in [0, 0.05) is 37.9 Å². The van der Waals surface area contributed by atoms with Gasteiger partial charge in [-0.25, -0.2) is 23.5 Å². The van der Waals surface area contributed by atoms with Crippen LogP contribution in [0, 0.1) is 6.92 Å². The third-order valence-corrected chi connectivity index (χ3v) is 5.18. The number of aryl methyl sites for hydroxylation is 1. The average Bonchev–Trinajstić information content (AvgIpc) is 2.60. The molecule has 11 heteroatoms. The third kappa shape index (κ3) is 4.48. The zero-order valence-electron chi connectivity index (χ0n) is 14.4. The number of halogens is 3. The number of alkyl halides is 3. The van der Waals surface area contributed by atoms with Gasteiger partial charge in [0.25, 0.3) is 0 Å². The highest BCUT2D eigenvalue weighted by atomic mass is 32.2. The normalized spacial score (nSPS) is 15.9. The Morgan fingerprint density at radius 1 is 1.00 bits per heavy atom. The molecule has 1 fully saturated rings. The van der Waals surface area contributed by atoms with Crippen molar-refractivity contribution in [2.24, 2.45) is 5.14 Å². The van der Waals surface area contributed by atoms with Crippen molar-refractivity contribution in [3.05, 3.63) is 41.9 Å². The van der Waals surface area contributed by atoms with Gasteiger partial charge in [0.15, 0.2) is 0 Å². The first-order chi connectivity index (χ1) is 12.5. The molecule has 2 N–H and O–H groups in total. The van der Waals surface area contributed by atoms with Crippen molar-refractivity contribution < 1.29 is 21.6 Å². The van der Waals surface area contributed by atoms with Crippen molar-refractivity contribution in [3.63, 3.8) is 0 Å². The van der Waals surface area contributed by atoms with E-state index in [0.717, 1.165) is 11.8 Å². The lowest BCUT2D eigenvalue weighted by atomic mass is 10.2. The van der Waals surface area contributed by atoms with Crippen LogP contribution < -0.4 is 14.9 Å². The Bertz CT molecular complexity index is 924. The van der Waals surface area contributed by atoms with E-state index in [9.17, 15) is 21.6 Å².